The average Bonchev–Trinajstić information content (AvgIpc) is 2.10. The Morgan fingerprint density at radius 1 is 1.70 bits per heavy atom. The van der Waals surface area contributed by atoms with Gasteiger partial charge in [0.25, 0.3) is 0 Å². The summed E-state index contributed by atoms with van der Waals surface area (Å²) in [6, 6.07) is 0. The van der Waals surface area contributed by atoms with Crippen molar-refractivity contribution < 1.29 is 13.5 Å². The van der Waals surface area contributed by atoms with Gasteiger partial charge in [0, 0.05) is 6.20 Å². The standard InChI is InChI=1S/C4H4BrNO3S/c5-4-6-1-3(2-7)10(4,8)9/h1,7H,2H2. The Kier molecular flexibility index (Phi) is 1.93. The number of aliphatic hydroxyl groups excluding tert-OH is 1. The van der Waals surface area contributed by atoms with Gasteiger partial charge < -0.3 is 5.11 Å². The molecule has 1 aliphatic heterocycles. The fourth-order valence-electron chi connectivity index (χ4n) is 0.495. The van der Waals surface area contributed by atoms with Crippen molar-refractivity contribution in [2.24, 2.45) is 4.99 Å². The van der Waals surface area contributed by atoms with Crippen LogP contribution in [0.5, 0.6) is 0 Å². The number of aliphatic hydroxyl groups is 1. The maximum absolute atomic E-state index is 10.9. The van der Waals surface area contributed by atoms with Crippen molar-refractivity contribution in [3.8, 4) is 0 Å². The molecule has 0 atom stereocenters. The van der Waals surface area contributed by atoms with E-state index >= 15 is 0 Å². The highest BCUT2D eigenvalue weighted by molar-refractivity contribution is 9.21. The van der Waals surface area contributed by atoms with Crippen molar-refractivity contribution in [3.05, 3.63) is 11.1 Å². The summed E-state index contributed by atoms with van der Waals surface area (Å²) in [5, 5.41) is 8.48. The number of sulfone groups is 1. The number of halogens is 1. The van der Waals surface area contributed by atoms with E-state index in [1.807, 2.05) is 0 Å². The maximum atomic E-state index is 10.9. The van der Waals surface area contributed by atoms with Crippen LogP contribution in [0.3, 0.4) is 0 Å². The third kappa shape index (κ3) is 1.02. The molecule has 0 saturated carbocycles. The Morgan fingerprint density at radius 3 is 2.50 bits per heavy atom. The van der Waals surface area contributed by atoms with Crippen LogP contribution >= 0.6 is 15.9 Å². The minimum absolute atomic E-state index is 0.0700. The third-order valence-electron chi connectivity index (χ3n) is 1.03. The normalized spacial score (nSPS) is 22.2. The molecule has 1 rings (SSSR count). The third-order valence-corrected chi connectivity index (χ3v) is 3.99. The molecule has 6 heteroatoms. The van der Waals surface area contributed by atoms with Crippen molar-refractivity contribution in [2.45, 2.75) is 0 Å². The lowest BCUT2D eigenvalue weighted by Crippen LogP contribution is -2.08. The zero-order chi connectivity index (χ0) is 7.78. The first-order valence-electron chi connectivity index (χ1n) is 2.37. The second-order valence-electron chi connectivity index (χ2n) is 1.64. The molecule has 1 aliphatic rings. The fourth-order valence-corrected chi connectivity index (χ4v) is 1.99. The summed E-state index contributed by atoms with van der Waals surface area (Å²) >= 11 is 2.74. The Morgan fingerprint density at radius 2 is 2.30 bits per heavy atom. The Hall–Kier alpha value is -0.200. The number of hydrogen-bond donors (Lipinski definition) is 1. The number of nitrogens with zero attached hydrogens (tertiary/aromatic N) is 1. The second-order valence-corrected chi connectivity index (χ2v) is 4.83. The molecule has 1 heterocycles. The van der Waals surface area contributed by atoms with Crippen LogP contribution in [0.2, 0.25) is 0 Å². The summed E-state index contributed by atoms with van der Waals surface area (Å²) in [4.78, 5) is 3.39. The average molecular weight is 226 g/mol. The Balaban J connectivity index is 3.14. The van der Waals surface area contributed by atoms with Crippen molar-refractivity contribution in [2.75, 3.05) is 6.61 Å². The summed E-state index contributed by atoms with van der Waals surface area (Å²) in [6.45, 7) is -0.499. The quantitative estimate of drug-likeness (QED) is 0.684. The molecule has 56 valence electrons. The van der Waals surface area contributed by atoms with Gasteiger partial charge in [0.15, 0.2) is 0 Å². The summed E-state index contributed by atoms with van der Waals surface area (Å²) in [6.07, 6.45) is 1.12. The summed E-state index contributed by atoms with van der Waals surface area (Å²) in [5.41, 5.74) is 0. The van der Waals surface area contributed by atoms with Gasteiger partial charge >= 0.3 is 0 Å². The number of rotatable bonds is 1. The Bertz CT molecular complexity index is 302. The first-order valence-corrected chi connectivity index (χ1v) is 4.65. The largest absolute Gasteiger partial charge is 0.391 e. The molecule has 0 amide bonds. The van der Waals surface area contributed by atoms with Crippen LogP contribution in [0.15, 0.2) is 16.1 Å². The summed E-state index contributed by atoms with van der Waals surface area (Å²) in [5.74, 6) is 0. The Labute approximate surface area is 66.3 Å². The molecule has 0 fully saturated rings. The van der Waals surface area contributed by atoms with Crippen LogP contribution in [0, 0.1) is 0 Å². The molecule has 10 heavy (non-hydrogen) atoms. The predicted molar refractivity (Wildman–Crippen MR) is 40.5 cm³/mol. The molecule has 0 aliphatic carbocycles. The lowest BCUT2D eigenvalue weighted by molar-refractivity contribution is 0.338. The van der Waals surface area contributed by atoms with E-state index in [0.717, 1.165) is 6.20 Å². The maximum Gasteiger partial charge on any atom is 0.230 e. The highest BCUT2D eigenvalue weighted by atomic mass is 79.9. The van der Waals surface area contributed by atoms with Crippen LogP contribution in [-0.2, 0) is 9.84 Å². The van der Waals surface area contributed by atoms with E-state index in [0.29, 0.717) is 0 Å². The first kappa shape index (κ1) is 7.90. The molecule has 0 aromatic rings. The highest BCUT2D eigenvalue weighted by Crippen LogP contribution is 2.19. The zero-order valence-corrected chi connectivity index (χ0v) is 7.18. The van der Waals surface area contributed by atoms with Gasteiger partial charge in [-0.1, -0.05) is 0 Å². The molecular weight excluding hydrogens is 222 g/mol. The molecule has 0 bridgehead atoms. The van der Waals surface area contributed by atoms with E-state index < -0.39 is 16.4 Å². The summed E-state index contributed by atoms with van der Waals surface area (Å²) < 4.78 is 21.7. The molecule has 0 aromatic carbocycles. The van der Waals surface area contributed by atoms with Crippen molar-refractivity contribution in [1.82, 2.24) is 0 Å². The van der Waals surface area contributed by atoms with Crippen molar-refractivity contribution in [3.63, 3.8) is 0 Å². The van der Waals surface area contributed by atoms with Gasteiger partial charge in [-0.05, 0) is 15.9 Å². The van der Waals surface area contributed by atoms with Crippen LogP contribution in [0.1, 0.15) is 0 Å². The minimum Gasteiger partial charge on any atom is -0.391 e. The van der Waals surface area contributed by atoms with Crippen LogP contribution in [0.25, 0.3) is 0 Å². The monoisotopic (exact) mass is 225 g/mol. The van der Waals surface area contributed by atoms with Crippen LogP contribution < -0.4 is 0 Å². The number of hydrogen-bond acceptors (Lipinski definition) is 4. The second kappa shape index (κ2) is 2.44. The predicted octanol–water partition coefficient (Wildman–Crippen LogP) is -0.000600. The number of aliphatic imine (C=N–C) groups is 1. The molecule has 0 aromatic heterocycles. The van der Waals surface area contributed by atoms with Crippen LogP contribution in [-0.4, -0.2) is 24.1 Å². The van der Waals surface area contributed by atoms with Crippen LogP contribution in [0.4, 0.5) is 0 Å². The lowest BCUT2D eigenvalue weighted by Gasteiger charge is -1.93. The highest BCUT2D eigenvalue weighted by Gasteiger charge is 2.26. The SMILES string of the molecule is O=S1(=O)C(CO)=CN=C1Br. The van der Waals surface area contributed by atoms with Crippen molar-refractivity contribution >= 4 is 29.7 Å². The van der Waals surface area contributed by atoms with Gasteiger partial charge in [-0.25, -0.2) is 13.4 Å². The van der Waals surface area contributed by atoms with Gasteiger partial charge in [0.1, 0.15) is 0 Å². The van der Waals surface area contributed by atoms with Gasteiger partial charge in [-0.2, -0.15) is 0 Å². The topological polar surface area (TPSA) is 66.7 Å². The van der Waals surface area contributed by atoms with E-state index in [1.54, 1.807) is 0 Å². The molecule has 0 saturated heterocycles. The first-order chi connectivity index (χ1) is 4.59. The van der Waals surface area contributed by atoms with Gasteiger partial charge in [-0.3, -0.25) is 0 Å². The lowest BCUT2D eigenvalue weighted by atomic mass is 10.6. The van der Waals surface area contributed by atoms with E-state index in [-0.39, 0.29) is 8.86 Å². The summed E-state index contributed by atoms with van der Waals surface area (Å²) in [7, 11) is -3.44. The van der Waals surface area contributed by atoms with Crippen molar-refractivity contribution in [1.29, 1.82) is 0 Å². The molecule has 0 unspecified atom stereocenters. The van der Waals surface area contributed by atoms with E-state index in [1.165, 1.54) is 0 Å². The van der Waals surface area contributed by atoms with E-state index in [2.05, 4.69) is 20.9 Å². The van der Waals surface area contributed by atoms with E-state index in [9.17, 15) is 8.42 Å². The van der Waals surface area contributed by atoms with Gasteiger partial charge in [-0.15, -0.1) is 0 Å². The zero-order valence-electron chi connectivity index (χ0n) is 4.78. The van der Waals surface area contributed by atoms with Gasteiger partial charge in [0.05, 0.1) is 11.5 Å². The minimum atomic E-state index is -3.44. The molecule has 0 radical (unpaired) electrons. The van der Waals surface area contributed by atoms with E-state index in [4.69, 9.17) is 5.11 Å². The fraction of sp³-hybridized carbons (Fsp3) is 0.250. The molecule has 0 spiro atoms. The smallest absolute Gasteiger partial charge is 0.230 e. The molecular formula is C4H4BrNO3S. The van der Waals surface area contributed by atoms with Gasteiger partial charge in [0.2, 0.25) is 13.8 Å². The molecule has 1 N–H and O–H groups in total. The molecule has 4 nitrogen and oxygen atoms in total.